The molecule has 0 aromatic carbocycles. The molecule has 2 N–H and O–H groups in total. The molecule has 320 valence electrons. The standard InChI is InChI=1S/C45H87O8P/c1-3-5-7-9-11-13-15-17-19-20-21-22-23-24-26-27-29-31-33-35-37-39-44(46)51-41-43(42-52-54(48,49)50)53-45(47)40-38-36-34-32-30-28-25-18-16-14-12-10-8-6-4-2/h34,36,43H,3-33,35,37-42H2,1-2H3,(H2,48,49,50)/b36-34+/t43-/m1/s1. The summed E-state index contributed by atoms with van der Waals surface area (Å²) in [6, 6.07) is 0. The SMILES string of the molecule is CCCCCCCCCCCCC/C=C/CCC(=O)O[C@H](COC(=O)CCCCCCCCCCCCCCCCCCCCCCC)COP(=O)(O)O. The molecule has 0 saturated carbocycles. The van der Waals surface area contributed by atoms with Gasteiger partial charge in [-0.05, 0) is 25.7 Å². The Morgan fingerprint density at radius 2 is 0.815 bits per heavy atom. The third-order valence-electron chi connectivity index (χ3n) is 10.3. The molecule has 0 amide bonds. The zero-order chi connectivity index (χ0) is 39.6. The van der Waals surface area contributed by atoms with Crippen molar-refractivity contribution >= 4 is 19.8 Å². The second-order valence-corrected chi connectivity index (χ2v) is 17.0. The first-order valence-electron chi connectivity index (χ1n) is 23.0. The zero-order valence-electron chi connectivity index (χ0n) is 35.4. The number of ether oxygens (including phenoxy) is 2. The molecule has 0 aromatic rings. The van der Waals surface area contributed by atoms with Gasteiger partial charge in [-0.1, -0.05) is 219 Å². The number of allylic oxidation sites excluding steroid dienone is 2. The predicted molar refractivity (Wildman–Crippen MR) is 226 cm³/mol. The topological polar surface area (TPSA) is 119 Å². The van der Waals surface area contributed by atoms with E-state index < -0.39 is 32.5 Å². The summed E-state index contributed by atoms with van der Waals surface area (Å²) in [7, 11) is -4.76. The van der Waals surface area contributed by atoms with Crippen LogP contribution >= 0.6 is 7.82 Å². The largest absolute Gasteiger partial charge is 0.469 e. The summed E-state index contributed by atoms with van der Waals surface area (Å²) in [6.07, 6.45) is 46.7. The first kappa shape index (κ1) is 52.8. The summed E-state index contributed by atoms with van der Waals surface area (Å²) in [5, 5.41) is 0. The van der Waals surface area contributed by atoms with Crippen molar-refractivity contribution in [2.75, 3.05) is 13.2 Å². The van der Waals surface area contributed by atoms with Crippen molar-refractivity contribution in [3.05, 3.63) is 12.2 Å². The molecule has 54 heavy (non-hydrogen) atoms. The van der Waals surface area contributed by atoms with Gasteiger partial charge in [-0.3, -0.25) is 14.1 Å². The Balaban J connectivity index is 3.83. The van der Waals surface area contributed by atoms with E-state index in [0.29, 0.717) is 6.42 Å². The van der Waals surface area contributed by atoms with Crippen LogP contribution in [0.1, 0.15) is 245 Å². The molecule has 0 radical (unpaired) electrons. The number of rotatable bonds is 43. The van der Waals surface area contributed by atoms with Gasteiger partial charge in [0.15, 0.2) is 6.10 Å². The van der Waals surface area contributed by atoms with Crippen LogP contribution in [-0.2, 0) is 28.2 Å². The lowest BCUT2D eigenvalue weighted by molar-refractivity contribution is -0.161. The van der Waals surface area contributed by atoms with E-state index in [1.54, 1.807) is 0 Å². The van der Waals surface area contributed by atoms with E-state index in [2.05, 4.69) is 24.4 Å². The fraction of sp³-hybridized carbons (Fsp3) is 0.911. The summed E-state index contributed by atoms with van der Waals surface area (Å²) >= 11 is 0. The van der Waals surface area contributed by atoms with Gasteiger partial charge < -0.3 is 19.3 Å². The predicted octanol–water partition coefficient (Wildman–Crippen LogP) is 14.2. The highest BCUT2D eigenvalue weighted by atomic mass is 31.2. The van der Waals surface area contributed by atoms with Gasteiger partial charge in [0.25, 0.3) is 0 Å². The molecule has 0 bridgehead atoms. The van der Waals surface area contributed by atoms with Crippen molar-refractivity contribution in [1.82, 2.24) is 0 Å². The maximum Gasteiger partial charge on any atom is 0.469 e. The maximum absolute atomic E-state index is 12.4. The fourth-order valence-electron chi connectivity index (χ4n) is 6.86. The average Bonchev–Trinajstić information content (AvgIpc) is 3.14. The van der Waals surface area contributed by atoms with Gasteiger partial charge in [-0.15, -0.1) is 0 Å². The minimum atomic E-state index is -4.76. The van der Waals surface area contributed by atoms with Gasteiger partial charge in [0.2, 0.25) is 0 Å². The van der Waals surface area contributed by atoms with E-state index in [9.17, 15) is 14.2 Å². The van der Waals surface area contributed by atoms with E-state index in [4.69, 9.17) is 19.3 Å². The number of hydrogen-bond acceptors (Lipinski definition) is 6. The number of carbonyl (C=O) groups is 2. The molecule has 0 aromatic heterocycles. The second kappa shape index (κ2) is 41.4. The second-order valence-electron chi connectivity index (χ2n) is 15.7. The molecule has 0 aliphatic heterocycles. The van der Waals surface area contributed by atoms with E-state index in [-0.39, 0.29) is 19.4 Å². The van der Waals surface area contributed by atoms with Gasteiger partial charge in [0.05, 0.1) is 6.61 Å². The van der Waals surface area contributed by atoms with Crippen LogP contribution in [-0.4, -0.2) is 41.0 Å². The Kier molecular flexibility index (Phi) is 40.5. The number of phosphoric acid groups is 1. The van der Waals surface area contributed by atoms with Crippen molar-refractivity contribution in [1.29, 1.82) is 0 Å². The van der Waals surface area contributed by atoms with E-state index in [0.717, 1.165) is 32.1 Å². The minimum Gasteiger partial charge on any atom is -0.462 e. The van der Waals surface area contributed by atoms with Crippen LogP contribution in [0.4, 0.5) is 0 Å². The van der Waals surface area contributed by atoms with Crippen molar-refractivity contribution in [3.8, 4) is 0 Å². The molecule has 9 heteroatoms. The van der Waals surface area contributed by atoms with Crippen LogP contribution in [0.15, 0.2) is 12.2 Å². The van der Waals surface area contributed by atoms with Crippen LogP contribution in [0.25, 0.3) is 0 Å². The van der Waals surface area contributed by atoms with Crippen molar-refractivity contribution in [2.24, 2.45) is 0 Å². The van der Waals surface area contributed by atoms with Crippen LogP contribution in [0.5, 0.6) is 0 Å². The summed E-state index contributed by atoms with van der Waals surface area (Å²) < 4.78 is 26.4. The molecule has 0 rings (SSSR count). The number of hydrogen-bond donors (Lipinski definition) is 2. The molecule has 0 fully saturated rings. The summed E-state index contributed by atoms with van der Waals surface area (Å²) in [5.74, 6) is -0.926. The Morgan fingerprint density at radius 1 is 0.463 bits per heavy atom. The number of unbranched alkanes of at least 4 members (excludes halogenated alkanes) is 31. The van der Waals surface area contributed by atoms with Crippen molar-refractivity contribution < 1.29 is 37.9 Å². The summed E-state index contributed by atoms with van der Waals surface area (Å²) in [6.45, 7) is 3.69. The van der Waals surface area contributed by atoms with Gasteiger partial charge in [-0.25, -0.2) is 4.57 Å². The third kappa shape index (κ3) is 43.5. The monoisotopic (exact) mass is 787 g/mol. The average molecular weight is 787 g/mol. The molecule has 8 nitrogen and oxygen atoms in total. The van der Waals surface area contributed by atoms with E-state index >= 15 is 0 Å². The molecule has 0 saturated heterocycles. The molecule has 0 aliphatic rings. The molecule has 1 atom stereocenters. The van der Waals surface area contributed by atoms with Gasteiger partial charge >= 0.3 is 19.8 Å². The van der Waals surface area contributed by atoms with E-state index in [1.165, 1.54) is 180 Å². The van der Waals surface area contributed by atoms with Crippen molar-refractivity contribution in [3.63, 3.8) is 0 Å². The smallest absolute Gasteiger partial charge is 0.462 e. The first-order valence-corrected chi connectivity index (χ1v) is 24.5. The molecule has 0 spiro atoms. The highest BCUT2D eigenvalue weighted by Crippen LogP contribution is 2.36. The normalized spacial score (nSPS) is 12.4. The highest BCUT2D eigenvalue weighted by Gasteiger charge is 2.22. The Labute approximate surface area is 333 Å². The van der Waals surface area contributed by atoms with Crippen LogP contribution in [0.3, 0.4) is 0 Å². The summed E-state index contributed by atoms with van der Waals surface area (Å²) in [4.78, 5) is 42.9. The molecule has 0 aliphatic carbocycles. The lowest BCUT2D eigenvalue weighted by Gasteiger charge is -2.18. The quantitative estimate of drug-likeness (QED) is 0.0271. The van der Waals surface area contributed by atoms with Crippen LogP contribution < -0.4 is 0 Å². The summed E-state index contributed by atoms with van der Waals surface area (Å²) in [5.41, 5.74) is 0. The van der Waals surface area contributed by atoms with Gasteiger partial charge in [0, 0.05) is 12.8 Å². The minimum absolute atomic E-state index is 0.133. The van der Waals surface area contributed by atoms with Gasteiger partial charge in [0.1, 0.15) is 6.61 Å². The Bertz CT molecular complexity index is 889. The number of carbonyl (C=O) groups excluding carboxylic acids is 2. The first-order chi connectivity index (χ1) is 26.3. The van der Waals surface area contributed by atoms with Gasteiger partial charge in [-0.2, -0.15) is 0 Å². The number of phosphoric ester groups is 1. The lowest BCUT2D eigenvalue weighted by atomic mass is 10.0. The third-order valence-corrected chi connectivity index (χ3v) is 10.8. The lowest BCUT2D eigenvalue weighted by Crippen LogP contribution is -2.29. The number of esters is 2. The molecular formula is C45H87O8P. The van der Waals surface area contributed by atoms with Crippen LogP contribution in [0, 0.1) is 0 Å². The Hall–Kier alpha value is -1.21. The molecule has 0 heterocycles. The van der Waals surface area contributed by atoms with E-state index in [1.807, 2.05) is 6.08 Å². The Morgan fingerprint density at radius 3 is 1.20 bits per heavy atom. The molecule has 0 unspecified atom stereocenters. The fourth-order valence-corrected chi connectivity index (χ4v) is 7.22. The maximum atomic E-state index is 12.4. The molecular weight excluding hydrogens is 699 g/mol. The zero-order valence-corrected chi connectivity index (χ0v) is 36.3. The van der Waals surface area contributed by atoms with Crippen LogP contribution in [0.2, 0.25) is 0 Å². The van der Waals surface area contributed by atoms with Crippen molar-refractivity contribution in [2.45, 2.75) is 251 Å². The highest BCUT2D eigenvalue weighted by molar-refractivity contribution is 7.46.